The van der Waals surface area contributed by atoms with E-state index in [0.717, 1.165) is 11.1 Å². The molecule has 0 bridgehead atoms. The Morgan fingerprint density at radius 2 is 1.96 bits per heavy atom. The fourth-order valence-corrected chi connectivity index (χ4v) is 3.02. The van der Waals surface area contributed by atoms with Crippen molar-refractivity contribution in [3.63, 3.8) is 0 Å². The minimum atomic E-state index is -1.02. The quantitative estimate of drug-likeness (QED) is 0.854. The first kappa shape index (κ1) is 19.2. The molecule has 1 aliphatic rings. The third kappa shape index (κ3) is 4.31. The van der Waals surface area contributed by atoms with Crippen molar-refractivity contribution in [3.8, 4) is 5.75 Å². The highest BCUT2D eigenvalue weighted by molar-refractivity contribution is 5.87. The van der Waals surface area contributed by atoms with Gasteiger partial charge in [0.05, 0.1) is 6.10 Å². The first-order valence-electron chi connectivity index (χ1n) is 8.57. The van der Waals surface area contributed by atoms with Crippen molar-refractivity contribution in [1.29, 1.82) is 0 Å². The van der Waals surface area contributed by atoms with Crippen LogP contribution in [0.2, 0.25) is 0 Å². The van der Waals surface area contributed by atoms with Gasteiger partial charge in [-0.2, -0.15) is 0 Å². The molecule has 0 aliphatic carbocycles. The lowest BCUT2D eigenvalue weighted by molar-refractivity contribution is -0.150. The number of aliphatic carboxylic acids is 1. The van der Waals surface area contributed by atoms with E-state index in [2.05, 4.69) is 13.8 Å². The van der Waals surface area contributed by atoms with Crippen molar-refractivity contribution in [2.45, 2.75) is 58.3 Å². The Morgan fingerprint density at radius 1 is 1.28 bits per heavy atom. The van der Waals surface area contributed by atoms with E-state index in [1.807, 2.05) is 25.1 Å². The second-order valence-corrected chi connectivity index (χ2v) is 6.88. The molecule has 1 amide bonds. The van der Waals surface area contributed by atoms with E-state index in [9.17, 15) is 14.7 Å². The average Bonchev–Trinajstić information content (AvgIpc) is 3.00. The first-order valence-corrected chi connectivity index (χ1v) is 8.57. The molecule has 6 heteroatoms. The molecule has 138 valence electrons. The molecule has 1 aromatic rings. The van der Waals surface area contributed by atoms with Crippen LogP contribution in [0, 0.1) is 6.92 Å². The van der Waals surface area contributed by atoms with Gasteiger partial charge in [-0.05, 0) is 37.0 Å². The van der Waals surface area contributed by atoms with E-state index in [-0.39, 0.29) is 18.6 Å². The van der Waals surface area contributed by atoms with Gasteiger partial charge in [0.2, 0.25) is 0 Å². The Bertz CT molecular complexity index is 643. The highest BCUT2D eigenvalue weighted by Gasteiger charge is 2.41. The van der Waals surface area contributed by atoms with Gasteiger partial charge in [-0.25, -0.2) is 4.79 Å². The third-order valence-corrected chi connectivity index (χ3v) is 4.69. The number of carboxylic acids is 1. The molecule has 0 aromatic heterocycles. The molecule has 1 fully saturated rings. The Kier molecular flexibility index (Phi) is 6.06. The predicted octanol–water partition coefficient (Wildman–Crippen LogP) is 2.59. The molecule has 2 rings (SSSR count). The molecule has 1 heterocycles. The Hall–Kier alpha value is -2.08. The fraction of sp³-hybridized carbons (Fsp3) is 0.579. The highest BCUT2D eigenvalue weighted by Crippen LogP contribution is 2.27. The number of carboxylic acid groups (broad SMARTS) is 1. The summed E-state index contributed by atoms with van der Waals surface area (Å²) in [5, 5.41) is 9.37. The summed E-state index contributed by atoms with van der Waals surface area (Å²) in [6, 6.07) is 5.09. The van der Waals surface area contributed by atoms with Crippen molar-refractivity contribution < 1.29 is 24.2 Å². The average molecular weight is 349 g/mol. The van der Waals surface area contributed by atoms with Gasteiger partial charge in [0.15, 0.2) is 6.10 Å². The molecular weight excluding hydrogens is 322 g/mol. The van der Waals surface area contributed by atoms with Crippen LogP contribution in [0.15, 0.2) is 18.2 Å². The minimum Gasteiger partial charge on any atom is -0.481 e. The summed E-state index contributed by atoms with van der Waals surface area (Å²) in [4.78, 5) is 25.5. The number of methoxy groups -OCH3 is 1. The van der Waals surface area contributed by atoms with Crippen molar-refractivity contribution in [3.05, 3.63) is 29.3 Å². The topological polar surface area (TPSA) is 76.1 Å². The summed E-state index contributed by atoms with van der Waals surface area (Å²) >= 11 is 0. The zero-order valence-corrected chi connectivity index (χ0v) is 15.5. The number of aryl methyl sites for hydroxylation is 1. The monoisotopic (exact) mass is 349 g/mol. The molecule has 1 N–H and O–H groups in total. The maximum absolute atomic E-state index is 12.7. The number of hydrogen-bond acceptors (Lipinski definition) is 4. The summed E-state index contributed by atoms with van der Waals surface area (Å²) in [7, 11) is 1.53. The third-order valence-electron chi connectivity index (χ3n) is 4.69. The lowest BCUT2D eigenvalue weighted by Crippen LogP contribution is -2.46. The minimum absolute atomic E-state index is 0.261. The molecule has 0 spiro atoms. The SMILES string of the molecule is COC1CC(C(=O)O)N(C(=O)C(C)Oc2cc(C(C)C)ccc2C)C1. The number of ether oxygens (including phenoxy) is 2. The molecule has 0 saturated carbocycles. The number of carbonyl (C=O) groups excluding carboxylic acids is 1. The maximum atomic E-state index is 12.7. The van der Waals surface area contributed by atoms with Crippen LogP contribution in [0.1, 0.15) is 44.2 Å². The zero-order valence-electron chi connectivity index (χ0n) is 15.5. The molecule has 3 unspecified atom stereocenters. The van der Waals surface area contributed by atoms with Crippen molar-refractivity contribution >= 4 is 11.9 Å². The van der Waals surface area contributed by atoms with E-state index >= 15 is 0 Å². The zero-order chi connectivity index (χ0) is 18.7. The smallest absolute Gasteiger partial charge is 0.326 e. The number of likely N-dealkylation sites (tertiary alicyclic amines) is 1. The van der Waals surface area contributed by atoms with E-state index < -0.39 is 18.1 Å². The van der Waals surface area contributed by atoms with Crippen molar-refractivity contribution in [2.75, 3.05) is 13.7 Å². The molecule has 25 heavy (non-hydrogen) atoms. The van der Waals surface area contributed by atoms with Crippen molar-refractivity contribution in [1.82, 2.24) is 4.90 Å². The number of benzene rings is 1. The van der Waals surface area contributed by atoms with Crippen LogP contribution in [0.3, 0.4) is 0 Å². The Balaban J connectivity index is 2.15. The van der Waals surface area contributed by atoms with Crippen molar-refractivity contribution in [2.24, 2.45) is 0 Å². The van der Waals surface area contributed by atoms with Crippen LogP contribution < -0.4 is 4.74 Å². The van der Waals surface area contributed by atoms with Crippen LogP contribution >= 0.6 is 0 Å². The van der Waals surface area contributed by atoms with E-state index in [1.165, 1.54) is 12.0 Å². The number of hydrogen-bond donors (Lipinski definition) is 1. The van der Waals surface area contributed by atoms with E-state index in [1.54, 1.807) is 6.92 Å². The number of carbonyl (C=O) groups is 2. The first-order chi connectivity index (χ1) is 11.7. The standard InChI is InChI=1S/C19H27NO5/c1-11(2)14-7-6-12(3)17(8-14)25-13(4)18(21)20-10-15(24-5)9-16(20)19(22)23/h6-8,11,13,15-16H,9-10H2,1-5H3,(H,22,23). The second-order valence-electron chi connectivity index (χ2n) is 6.88. The highest BCUT2D eigenvalue weighted by atomic mass is 16.5. The molecule has 0 radical (unpaired) electrons. The van der Waals surface area contributed by atoms with E-state index in [4.69, 9.17) is 9.47 Å². The predicted molar refractivity (Wildman–Crippen MR) is 93.9 cm³/mol. The summed E-state index contributed by atoms with van der Waals surface area (Å²) in [5.74, 6) is -0.341. The van der Waals surface area contributed by atoms with Gasteiger partial charge in [-0.3, -0.25) is 4.79 Å². The van der Waals surface area contributed by atoms with Crippen LogP contribution in [0.25, 0.3) is 0 Å². The maximum Gasteiger partial charge on any atom is 0.326 e. The number of rotatable bonds is 6. The van der Waals surface area contributed by atoms with E-state index in [0.29, 0.717) is 18.1 Å². The van der Waals surface area contributed by atoms with Crippen LogP contribution in [-0.4, -0.2) is 53.8 Å². The van der Waals surface area contributed by atoms with Gasteiger partial charge in [-0.1, -0.05) is 26.0 Å². The summed E-state index contributed by atoms with van der Waals surface area (Å²) < 4.78 is 11.1. The lowest BCUT2D eigenvalue weighted by Gasteiger charge is -2.25. The molecular formula is C19H27NO5. The van der Waals surface area contributed by atoms with Gasteiger partial charge in [0, 0.05) is 20.1 Å². The Morgan fingerprint density at radius 3 is 2.52 bits per heavy atom. The molecule has 6 nitrogen and oxygen atoms in total. The van der Waals surface area contributed by atoms with Gasteiger partial charge < -0.3 is 19.5 Å². The van der Waals surface area contributed by atoms with Gasteiger partial charge >= 0.3 is 5.97 Å². The molecule has 3 atom stereocenters. The Labute approximate surface area is 148 Å². The number of nitrogens with zero attached hydrogens (tertiary/aromatic N) is 1. The lowest BCUT2D eigenvalue weighted by atomic mass is 10.0. The van der Waals surface area contributed by atoms with Crippen LogP contribution in [-0.2, 0) is 14.3 Å². The second kappa shape index (κ2) is 7.87. The van der Waals surface area contributed by atoms with Gasteiger partial charge in [0.25, 0.3) is 5.91 Å². The van der Waals surface area contributed by atoms with Crippen LogP contribution in [0.5, 0.6) is 5.75 Å². The summed E-state index contributed by atoms with van der Waals surface area (Å²) in [5.41, 5.74) is 2.07. The normalized spacial score (nSPS) is 21.4. The summed E-state index contributed by atoms with van der Waals surface area (Å²) in [6.45, 7) is 8.03. The molecule has 1 aromatic carbocycles. The van der Waals surface area contributed by atoms with Crippen LogP contribution in [0.4, 0.5) is 0 Å². The fourth-order valence-electron chi connectivity index (χ4n) is 3.02. The van der Waals surface area contributed by atoms with Gasteiger partial charge in [-0.15, -0.1) is 0 Å². The van der Waals surface area contributed by atoms with Gasteiger partial charge in [0.1, 0.15) is 11.8 Å². The molecule has 1 aliphatic heterocycles. The molecule has 1 saturated heterocycles. The summed E-state index contributed by atoms with van der Waals surface area (Å²) in [6.07, 6.45) is -0.728. The number of amides is 1. The largest absolute Gasteiger partial charge is 0.481 e.